The number of terminal acetylenes is 1. The molecule has 2 rings (SSSR count). The Kier molecular flexibility index (Phi) is 3.08. The van der Waals surface area contributed by atoms with Gasteiger partial charge in [0.1, 0.15) is 11.4 Å². The molecule has 1 N–H and O–H groups in total. The minimum Gasteiger partial charge on any atom is -0.495 e. The average Bonchev–Trinajstić information content (AvgIpc) is 2.79. The van der Waals surface area contributed by atoms with Gasteiger partial charge in [0.05, 0.1) is 12.0 Å². The molecule has 86 valence electrons. The number of piperidine rings is 1. The molecular weight excluding hydrogens is 222 g/mol. The number of likely N-dealkylation sites (tertiary alicyclic amines) is 1. The van der Waals surface area contributed by atoms with E-state index in [1.165, 1.54) is 0 Å². The summed E-state index contributed by atoms with van der Waals surface area (Å²) in [7, 11) is 1.63. The maximum atomic E-state index is 10.6. The molecule has 1 aliphatic rings. The number of nitrogens with zero attached hydrogens (tertiary/aromatic N) is 1. The first-order valence-electron chi connectivity index (χ1n) is 5.25. The molecule has 1 fully saturated rings. The number of rotatable bonds is 2. The van der Waals surface area contributed by atoms with E-state index in [1.807, 2.05) is 16.3 Å². The molecule has 1 aliphatic heterocycles. The van der Waals surface area contributed by atoms with Crippen molar-refractivity contribution in [1.29, 1.82) is 0 Å². The van der Waals surface area contributed by atoms with E-state index in [-0.39, 0.29) is 0 Å². The zero-order valence-electron chi connectivity index (χ0n) is 9.27. The monoisotopic (exact) mass is 237 g/mol. The Labute approximate surface area is 99.7 Å². The van der Waals surface area contributed by atoms with Crippen molar-refractivity contribution < 1.29 is 9.84 Å². The van der Waals surface area contributed by atoms with E-state index in [4.69, 9.17) is 11.2 Å². The molecular formula is C12H15NO2S. The van der Waals surface area contributed by atoms with E-state index in [2.05, 4.69) is 6.04 Å². The molecule has 3 nitrogen and oxygen atoms in total. The summed E-state index contributed by atoms with van der Waals surface area (Å²) in [6.07, 6.45) is 6.66. The summed E-state index contributed by atoms with van der Waals surface area (Å²) in [5.41, 5.74) is -0.771. The van der Waals surface area contributed by atoms with Crippen LogP contribution < -0.4 is 4.74 Å². The summed E-state index contributed by atoms with van der Waals surface area (Å²) < 4.78 is 5.25. The number of hydrogen-bond donors (Lipinski definition) is 1. The smallest absolute Gasteiger partial charge is 0.135 e. The third-order valence-corrected chi connectivity index (χ3v) is 4.13. The van der Waals surface area contributed by atoms with E-state index in [0.29, 0.717) is 12.8 Å². The van der Waals surface area contributed by atoms with Gasteiger partial charge in [-0.3, -0.25) is 0 Å². The second-order valence-corrected chi connectivity index (χ2v) is 4.88. The van der Waals surface area contributed by atoms with E-state index >= 15 is 0 Å². The van der Waals surface area contributed by atoms with Gasteiger partial charge in [-0.1, -0.05) is 6.42 Å². The van der Waals surface area contributed by atoms with Crippen LogP contribution in [0.5, 0.6) is 5.75 Å². The fraction of sp³-hybridized carbons (Fsp3) is 0.500. The van der Waals surface area contributed by atoms with Crippen molar-refractivity contribution in [1.82, 2.24) is 4.90 Å². The summed E-state index contributed by atoms with van der Waals surface area (Å²) in [4.78, 5) is 2.82. The molecule has 1 aromatic rings. The van der Waals surface area contributed by atoms with Gasteiger partial charge in [0, 0.05) is 19.1 Å². The molecule has 0 aliphatic carbocycles. The number of methoxy groups -OCH3 is 1. The molecule has 16 heavy (non-hydrogen) atoms. The molecule has 1 saturated heterocycles. The number of aliphatic hydroxyl groups is 1. The van der Waals surface area contributed by atoms with E-state index in [9.17, 15) is 5.11 Å². The third kappa shape index (κ3) is 1.89. The first-order valence-corrected chi connectivity index (χ1v) is 6.13. The quantitative estimate of drug-likeness (QED) is 0.794. The molecule has 0 radical (unpaired) electrons. The average molecular weight is 237 g/mol. The normalized spacial score (nSPS) is 19.2. The SMILES string of the molecule is C#CN1CCC(O)(c2sccc2OC)CC1. The molecule has 0 amide bonds. The maximum Gasteiger partial charge on any atom is 0.135 e. The lowest BCUT2D eigenvalue weighted by Crippen LogP contribution is -2.40. The Morgan fingerprint density at radius 3 is 2.81 bits per heavy atom. The number of hydrogen-bond acceptors (Lipinski definition) is 4. The molecule has 0 bridgehead atoms. The van der Waals surface area contributed by atoms with E-state index in [0.717, 1.165) is 23.7 Å². The standard InChI is InChI=1S/C12H15NO2S/c1-3-13-7-5-12(14,6-8-13)11-10(15-2)4-9-16-11/h1,4,9,14H,5-8H2,2H3. The Morgan fingerprint density at radius 2 is 2.25 bits per heavy atom. The van der Waals surface area contributed by atoms with Crippen LogP contribution in [0.15, 0.2) is 11.4 Å². The molecule has 1 aromatic heterocycles. The topological polar surface area (TPSA) is 32.7 Å². The van der Waals surface area contributed by atoms with Gasteiger partial charge < -0.3 is 14.7 Å². The highest BCUT2D eigenvalue weighted by Crippen LogP contribution is 2.41. The van der Waals surface area contributed by atoms with Gasteiger partial charge in [0.25, 0.3) is 0 Å². The van der Waals surface area contributed by atoms with Crippen LogP contribution in [0, 0.1) is 12.5 Å². The Hall–Kier alpha value is -1.18. The second kappa shape index (κ2) is 4.36. The highest BCUT2D eigenvalue weighted by molar-refractivity contribution is 7.10. The zero-order valence-corrected chi connectivity index (χ0v) is 10.1. The van der Waals surface area contributed by atoms with Gasteiger partial charge in [0.15, 0.2) is 0 Å². The summed E-state index contributed by atoms with van der Waals surface area (Å²) in [6.45, 7) is 1.46. The minimum absolute atomic E-state index is 0.661. The first kappa shape index (κ1) is 11.3. The fourth-order valence-electron chi connectivity index (χ4n) is 2.03. The Morgan fingerprint density at radius 1 is 1.56 bits per heavy atom. The second-order valence-electron chi connectivity index (χ2n) is 3.97. The summed E-state index contributed by atoms with van der Waals surface area (Å²) >= 11 is 1.54. The van der Waals surface area contributed by atoms with Crippen molar-refractivity contribution in [2.24, 2.45) is 0 Å². The molecule has 0 unspecified atom stereocenters. The third-order valence-electron chi connectivity index (χ3n) is 3.04. The van der Waals surface area contributed by atoms with E-state index < -0.39 is 5.60 Å². The van der Waals surface area contributed by atoms with Gasteiger partial charge in [-0.05, 0) is 24.3 Å². The van der Waals surface area contributed by atoms with Crippen LogP contribution in [0.2, 0.25) is 0 Å². The fourth-order valence-corrected chi connectivity index (χ4v) is 3.05. The molecule has 0 saturated carbocycles. The zero-order chi connectivity index (χ0) is 11.6. The van der Waals surface area contributed by atoms with Crippen LogP contribution in [0.4, 0.5) is 0 Å². The predicted octanol–water partition coefficient (Wildman–Crippen LogP) is 1.63. The molecule has 0 spiro atoms. The van der Waals surface area contributed by atoms with Crippen molar-refractivity contribution in [2.45, 2.75) is 18.4 Å². The summed E-state index contributed by atoms with van der Waals surface area (Å²) in [5.74, 6) is 0.779. The van der Waals surface area contributed by atoms with Crippen LogP contribution in [-0.4, -0.2) is 30.2 Å². The molecule has 0 atom stereocenters. The molecule has 4 heteroatoms. The summed E-state index contributed by atoms with van der Waals surface area (Å²) in [6, 6.07) is 4.50. The lowest BCUT2D eigenvalue weighted by atomic mass is 9.89. The lowest BCUT2D eigenvalue weighted by Gasteiger charge is -2.36. The van der Waals surface area contributed by atoms with Crippen LogP contribution >= 0.6 is 11.3 Å². The van der Waals surface area contributed by atoms with Crippen LogP contribution in [-0.2, 0) is 5.60 Å². The van der Waals surface area contributed by atoms with Crippen molar-refractivity contribution in [3.05, 3.63) is 16.3 Å². The number of thiophene rings is 1. The predicted molar refractivity (Wildman–Crippen MR) is 64.4 cm³/mol. The summed E-state index contributed by atoms with van der Waals surface area (Å²) in [5, 5.41) is 12.5. The highest BCUT2D eigenvalue weighted by atomic mass is 32.1. The molecule has 0 aromatic carbocycles. The van der Waals surface area contributed by atoms with Gasteiger partial charge in [-0.2, -0.15) is 0 Å². The van der Waals surface area contributed by atoms with Gasteiger partial charge >= 0.3 is 0 Å². The van der Waals surface area contributed by atoms with Crippen molar-refractivity contribution in [3.63, 3.8) is 0 Å². The number of ether oxygens (including phenoxy) is 1. The van der Waals surface area contributed by atoms with Crippen LogP contribution in [0.25, 0.3) is 0 Å². The van der Waals surface area contributed by atoms with Crippen molar-refractivity contribution in [3.8, 4) is 18.2 Å². The maximum absolute atomic E-state index is 10.6. The van der Waals surface area contributed by atoms with E-state index in [1.54, 1.807) is 18.4 Å². The van der Waals surface area contributed by atoms with Crippen LogP contribution in [0.1, 0.15) is 17.7 Å². The van der Waals surface area contributed by atoms with Gasteiger partial charge in [-0.25, -0.2) is 0 Å². The van der Waals surface area contributed by atoms with Crippen molar-refractivity contribution >= 4 is 11.3 Å². The largest absolute Gasteiger partial charge is 0.495 e. The lowest BCUT2D eigenvalue weighted by molar-refractivity contribution is -0.0125. The first-order chi connectivity index (χ1) is 7.69. The minimum atomic E-state index is -0.771. The van der Waals surface area contributed by atoms with Gasteiger partial charge in [0.2, 0.25) is 0 Å². The van der Waals surface area contributed by atoms with Crippen molar-refractivity contribution in [2.75, 3.05) is 20.2 Å². The Balaban J connectivity index is 2.18. The molecule has 2 heterocycles. The van der Waals surface area contributed by atoms with Gasteiger partial charge in [-0.15, -0.1) is 11.3 Å². The Bertz CT molecular complexity index is 399. The highest BCUT2D eigenvalue weighted by Gasteiger charge is 2.36. The van der Waals surface area contributed by atoms with Crippen LogP contribution in [0.3, 0.4) is 0 Å².